The fourth-order valence-electron chi connectivity index (χ4n) is 2.10. The van der Waals surface area contributed by atoms with Gasteiger partial charge in [0.1, 0.15) is 5.01 Å². The van der Waals surface area contributed by atoms with Crippen LogP contribution >= 0.6 is 11.3 Å². The molecule has 2 rings (SSSR count). The van der Waals surface area contributed by atoms with E-state index in [-0.39, 0.29) is 19.1 Å². The fraction of sp³-hybridized carbons (Fsp3) is 0.400. The lowest BCUT2D eigenvalue weighted by Crippen LogP contribution is -2.44. The topological polar surface area (TPSA) is 98.6 Å². The highest BCUT2D eigenvalue weighted by Gasteiger charge is 2.21. The van der Waals surface area contributed by atoms with Crippen LogP contribution in [0.5, 0.6) is 0 Å². The van der Waals surface area contributed by atoms with Gasteiger partial charge in [-0.25, -0.2) is 0 Å². The normalized spacial score (nSPS) is 12.3. The van der Waals surface area contributed by atoms with Gasteiger partial charge in [0.05, 0.1) is 19.3 Å². The van der Waals surface area contributed by atoms with E-state index in [9.17, 15) is 4.79 Å². The largest absolute Gasteiger partial charge is 0.395 e. The number of nitrogens with one attached hydrogen (secondary N) is 1. The highest BCUT2D eigenvalue weighted by Crippen LogP contribution is 2.26. The Labute approximate surface area is 138 Å². The minimum atomic E-state index is -0.488. The quantitative estimate of drug-likeness (QED) is 0.660. The molecule has 1 aromatic heterocycles. The molecule has 1 atom stereocenters. The molecule has 1 unspecified atom stereocenters. The maximum absolute atomic E-state index is 12.3. The number of amides is 1. The first kappa shape index (κ1) is 17.5. The monoisotopic (exact) mass is 336 g/mol. The Balaban J connectivity index is 2.01. The molecule has 0 aliphatic rings. The summed E-state index contributed by atoms with van der Waals surface area (Å²) in [7, 11) is 0. The molecule has 0 spiro atoms. The Morgan fingerprint density at radius 3 is 2.48 bits per heavy atom. The van der Waals surface area contributed by atoms with Crippen LogP contribution < -0.4 is 5.32 Å². The molecule has 1 amide bonds. The molecule has 0 fully saturated rings. The number of nitrogens with zero attached hydrogens (tertiary/aromatic N) is 3. The minimum absolute atomic E-state index is 0.0748. The summed E-state index contributed by atoms with van der Waals surface area (Å²) in [6.45, 7) is 2.21. The van der Waals surface area contributed by atoms with Crippen LogP contribution in [0.15, 0.2) is 30.3 Å². The molecule has 0 radical (unpaired) electrons. The van der Waals surface area contributed by atoms with E-state index < -0.39 is 6.04 Å². The first-order valence-corrected chi connectivity index (χ1v) is 8.13. The van der Waals surface area contributed by atoms with Gasteiger partial charge in [0.15, 0.2) is 0 Å². The lowest BCUT2D eigenvalue weighted by atomic mass is 10.2. The van der Waals surface area contributed by atoms with Crippen molar-refractivity contribution in [3.8, 4) is 10.6 Å². The predicted molar refractivity (Wildman–Crippen MR) is 89.2 cm³/mol. The van der Waals surface area contributed by atoms with Gasteiger partial charge in [-0.3, -0.25) is 15.0 Å². The molecular weight excluding hydrogens is 316 g/mol. The van der Waals surface area contributed by atoms with Crippen LogP contribution in [0.3, 0.4) is 0 Å². The molecule has 124 valence electrons. The van der Waals surface area contributed by atoms with Gasteiger partial charge in [-0.1, -0.05) is 41.7 Å². The van der Waals surface area contributed by atoms with E-state index in [0.717, 1.165) is 10.6 Å². The number of hydrogen-bond acceptors (Lipinski definition) is 7. The van der Waals surface area contributed by atoms with Crippen LogP contribution in [0.1, 0.15) is 6.92 Å². The second-order valence-corrected chi connectivity index (χ2v) is 5.90. The first-order chi connectivity index (χ1) is 11.2. The van der Waals surface area contributed by atoms with Crippen molar-refractivity contribution in [2.24, 2.45) is 0 Å². The lowest BCUT2D eigenvalue weighted by molar-refractivity contribution is -0.121. The molecule has 0 aliphatic carbocycles. The Morgan fingerprint density at radius 2 is 1.87 bits per heavy atom. The zero-order valence-electron chi connectivity index (χ0n) is 12.8. The molecule has 7 nitrogen and oxygen atoms in total. The van der Waals surface area contributed by atoms with E-state index in [1.807, 2.05) is 30.3 Å². The molecule has 23 heavy (non-hydrogen) atoms. The molecule has 1 heterocycles. The van der Waals surface area contributed by atoms with Crippen LogP contribution in [-0.2, 0) is 4.79 Å². The minimum Gasteiger partial charge on any atom is -0.395 e. The molecule has 2 aromatic rings. The fourth-order valence-corrected chi connectivity index (χ4v) is 2.85. The molecule has 0 aliphatic heterocycles. The third kappa shape index (κ3) is 4.80. The van der Waals surface area contributed by atoms with Gasteiger partial charge in [0.2, 0.25) is 11.0 Å². The van der Waals surface area contributed by atoms with Crippen LogP contribution in [0.2, 0.25) is 0 Å². The third-order valence-electron chi connectivity index (χ3n) is 3.38. The molecule has 8 heteroatoms. The first-order valence-electron chi connectivity index (χ1n) is 7.31. The van der Waals surface area contributed by atoms with Crippen molar-refractivity contribution in [3.05, 3.63) is 30.3 Å². The third-order valence-corrected chi connectivity index (χ3v) is 4.27. The van der Waals surface area contributed by atoms with Gasteiger partial charge in [0, 0.05) is 18.7 Å². The van der Waals surface area contributed by atoms with E-state index in [1.165, 1.54) is 11.3 Å². The van der Waals surface area contributed by atoms with E-state index in [1.54, 1.807) is 11.8 Å². The summed E-state index contributed by atoms with van der Waals surface area (Å²) in [5.41, 5.74) is 0.945. The SMILES string of the molecule is CC(C(=O)Nc1nnc(-c2ccccc2)s1)N(CCO)CCO. The maximum Gasteiger partial charge on any atom is 0.243 e. The standard InChI is InChI=1S/C15H20N4O3S/c1-11(19(7-9-20)8-10-21)13(22)16-15-18-17-14(23-15)12-5-3-2-4-6-12/h2-6,11,20-21H,7-10H2,1H3,(H,16,18,22). The average molecular weight is 336 g/mol. The number of carbonyl (C=O) groups is 1. The average Bonchev–Trinajstić information content (AvgIpc) is 3.03. The number of aromatic nitrogens is 2. The summed E-state index contributed by atoms with van der Waals surface area (Å²) in [6, 6.07) is 9.12. The van der Waals surface area contributed by atoms with Crippen LogP contribution in [0.4, 0.5) is 5.13 Å². The highest BCUT2D eigenvalue weighted by molar-refractivity contribution is 7.18. The van der Waals surface area contributed by atoms with Crippen molar-refractivity contribution >= 4 is 22.4 Å². The summed E-state index contributed by atoms with van der Waals surface area (Å²) in [6.07, 6.45) is 0. The number of carbonyl (C=O) groups excluding carboxylic acids is 1. The Kier molecular flexibility index (Phi) is 6.60. The molecule has 0 saturated heterocycles. The molecular formula is C15H20N4O3S. The van der Waals surface area contributed by atoms with Crippen molar-refractivity contribution in [3.63, 3.8) is 0 Å². The molecule has 0 saturated carbocycles. The Morgan fingerprint density at radius 1 is 1.22 bits per heavy atom. The van der Waals surface area contributed by atoms with Crippen LogP contribution in [-0.4, -0.2) is 63.6 Å². The van der Waals surface area contributed by atoms with Crippen molar-refractivity contribution in [2.45, 2.75) is 13.0 Å². The number of rotatable bonds is 8. The van der Waals surface area contributed by atoms with E-state index in [4.69, 9.17) is 10.2 Å². The van der Waals surface area contributed by atoms with Gasteiger partial charge in [-0.05, 0) is 6.92 Å². The number of aliphatic hydroxyl groups excluding tert-OH is 2. The lowest BCUT2D eigenvalue weighted by Gasteiger charge is -2.26. The van der Waals surface area contributed by atoms with Crippen molar-refractivity contribution < 1.29 is 15.0 Å². The molecule has 3 N–H and O–H groups in total. The zero-order valence-corrected chi connectivity index (χ0v) is 13.7. The van der Waals surface area contributed by atoms with Gasteiger partial charge < -0.3 is 10.2 Å². The zero-order chi connectivity index (χ0) is 16.7. The van der Waals surface area contributed by atoms with E-state index in [2.05, 4.69) is 15.5 Å². The number of hydrogen-bond donors (Lipinski definition) is 3. The second-order valence-electron chi connectivity index (χ2n) is 4.93. The number of aliphatic hydroxyl groups is 2. The second kappa shape index (κ2) is 8.68. The van der Waals surface area contributed by atoms with Gasteiger partial charge in [-0.2, -0.15) is 0 Å². The summed E-state index contributed by atoms with van der Waals surface area (Å²) in [4.78, 5) is 14.0. The summed E-state index contributed by atoms with van der Waals surface area (Å²) in [5.74, 6) is -0.248. The Bertz CT molecular complexity index is 614. The highest BCUT2D eigenvalue weighted by atomic mass is 32.1. The van der Waals surface area contributed by atoms with Gasteiger partial charge in [0.25, 0.3) is 0 Å². The number of anilines is 1. The van der Waals surface area contributed by atoms with Crippen LogP contribution in [0.25, 0.3) is 10.6 Å². The van der Waals surface area contributed by atoms with Crippen molar-refractivity contribution in [1.29, 1.82) is 0 Å². The maximum atomic E-state index is 12.3. The summed E-state index contributed by atoms with van der Waals surface area (Å²) >= 11 is 1.30. The Hall–Kier alpha value is -1.87. The molecule has 1 aromatic carbocycles. The van der Waals surface area contributed by atoms with Gasteiger partial charge >= 0.3 is 0 Å². The summed E-state index contributed by atoms with van der Waals surface area (Å²) in [5, 5.41) is 30.0. The van der Waals surface area contributed by atoms with Crippen molar-refractivity contribution in [2.75, 3.05) is 31.6 Å². The van der Waals surface area contributed by atoms with E-state index in [0.29, 0.717) is 18.2 Å². The van der Waals surface area contributed by atoms with Crippen molar-refractivity contribution in [1.82, 2.24) is 15.1 Å². The summed E-state index contributed by atoms with van der Waals surface area (Å²) < 4.78 is 0. The van der Waals surface area contributed by atoms with E-state index >= 15 is 0 Å². The molecule has 0 bridgehead atoms. The smallest absolute Gasteiger partial charge is 0.243 e. The van der Waals surface area contributed by atoms with Crippen LogP contribution in [0, 0.1) is 0 Å². The predicted octanol–water partition coefficient (Wildman–Crippen LogP) is 0.819. The van der Waals surface area contributed by atoms with Gasteiger partial charge in [-0.15, -0.1) is 10.2 Å². The number of benzene rings is 1.